The Morgan fingerprint density at radius 1 is 1.53 bits per heavy atom. The smallest absolute Gasteiger partial charge is 0.187 e. The molecule has 5 heteroatoms. The zero-order valence-electron chi connectivity index (χ0n) is 10.5. The van der Waals surface area contributed by atoms with Crippen LogP contribution in [0.2, 0.25) is 0 Å². The number of aliphatic hydroxyl groups is 1. The van der Waals surface area contributed by atoms with Crippen LogP contribution in [0.4, 0.5) is 0 Å². The average molecular weight is 255 g/mol. The van der Waals surface area contributed by atoms with Crippen LogP contribution in [0.25, 0.3) is 0 Å². The van der Waals surface area contributed by atoms with E-state index in [4.69, 9.17) is 5.73 Å². The van der Waals surface area contributed by atoms with Gasteiger partial charge in [-0.25, -0.2) is 9.97 Å². The normalized spacial score (nSPS) is 14.6. The number of thioether (sulfide) groups is 1. The number of hydrogen-bond acceptors (Lipinski definition) is 5. The first-order valence-corrected chi connectivity index (χ1v) is 6.93. The summed E-state index contributed by atoms with van der Waals surface area (Å²) in [5.74, 6) is 0.908. The van der Waals surface area contributed by atoms with Gasteiger partial charge in [0.2, 0.25) is 0 Å². The molecule has 1 aromatic heterocycles. The molecule has 17 heavy (non-hydrogen) atoms. The molecule has 0 aliphatic rings. The first kappa shape index (κ1) is 14.4. The van der Waals surface area contributed by atoms with E-state index in [0.717, 1.165) is 29.4 Å². The van der Waals surface area contributed by atoms with Crippen molar-refractivity contribution in [3.8, 4) is 0 Å². The quantitative estimate of drug-likeness (QED) is 0.441. The highest BCUT2D eigenvalue weighted by Gasteiger charge is 2.21. The molecule has 0 aromatic carbocycles. The van der Waals surface area contributed by atoms with Crippen LogP contribution in [-0.2, 0) is 0 Å². The van der Waals surface area contributed by atoms with Crippen molar-refractivity contribution in [2.75, 3.05) is 12.3 Å². The maximum absolute atomic E-state index is 10.0. The number of nitrogens with zero attached hydrogens (tertiary/aromatic N) is 2. The highest BCUT2D eigenvalue weighted by Crippen LogP contribution is 2.20. The summed E-state index contributed by atoms with van der Waals surface area (Å²) in [6, 6.07) is 1.88. The van der Waals surface area contributed by atoms with Crippen LogP contribution in [0.5, 0.6) is 0 Å². The van der Waals surface area contributed by atoms with Gasteiger partial charge in [0.05, 0.1) is 5.60 Å². The molecule has 4 nitrogen and oxygen atoms in total. The molecule has 0 fully saturated rings. The van der Waals surface area contributed by atoms with E-state index in [2.05, 4.69) is 9.97 Å². The van der Waals surface area contributed by atoms with E-state index in [1.165, 1.54) is 0 Å². The maximum atomic E-state index is 10.0. The van der Waals surface area contributed by atoms with Crippen molar-refractivity contribution >= 4 is 11.8 Å². The predicted molar refractivity (Wildman–Crippen MR) is 71.0 cm³/mol. The molecule has 0 spiro atoms. The second kappa shape index (κ2) is 6.93. The molecule has 0 aliphatic carbocycles. The summed E-state index contributed by atoms with van der Waals surface area (Å²) < 4.78 is 0. The molecular weight excluding hydrogens is 234 g/mol. The minimum absolute atomic E-state index is 0.328. The zero-order valence-corrected chi connectivity index (χ0v) is 11.3. The fourth-order valence-corrected chi connectivity index (χ4v) is 2.30. The molecule has 1 unspecified atom stereocenters. The van der Waals surface area contributed by atoms with E-state index < -0.39 is 5.60 Å². The van der Waals surface area contributed by atoms with Gasteiger partial charge >= 0.3 is 0 Å². The van der Waals surface area contributed by atoms with Crippen molar-refractivity contribution in [3.05, 3.63) is 18.0 Å². The summed E-state index contributed by atoms with van der Waals surface area (Å²) in [5, 5.41) is 10.8. The summed E-state index contributed by atoms with van der Waals surface area (Å²) >= 11 is 1.62. The van der Waals surface area contributed by atoms with Crippen LogP contribution in [0.3, 0.4) is 0 Å². The monoisotopic (exact) mass is 255 g/mol. The minimum atomic E-state index is -0.700. The molecule has 96 valence electrons. The van der Waals surface area contributed by atoms with Crippen LogP contribution in [0, 0.1) is 6.92 Å². The van der Waals surface area contributed by atoms with Gasteiger partial charge < -0.3 is 10.8 Å². The molecule has 3 N–H and O–H groups in total. The number of aromatic nitrogens is 2. The number of rotatable bonds is 7. The van der Waals surface area contributed by atoms with E-state index in [1.54, 1.807) is 18.0 Å². The van der Waals surface area contributed by atoms with Crippen LogP contribution >= 0.6 is 11.8 Å². The molecule has 0 amide bonds. The SMILES string of the molecule is CCC(O)(CN)CCCSc1nccc(C)n1. The van der Waals surface area contributed by atoms with Crippen molar-refractivity contribution in [1.29, 1.82) is 0 Å². The highest BCUT2D eigenvalue weighted by atomic mass is 32.2. The lowest BCUT2D eigenvalue weighted by Gasteiger charge is -2.24. The first-order valence-electron chi connectivity index (χ1n) is 5.94. The molecule has 1 rings (SSSR count). The number of aryl methyl sites for hydroxylation is 1. The average Bonchev–Trinajstić information content (AvgIpc) is 2.34. The molecule has 0 saturated heterocycles. The van der Waals surface area contributed by atoms with Crippen molar-refractivity contribution in [2.45, 2.75) is 43.9 Å². The van der Waals surface area contributed by atoms with Gasteiger partial charge in [0, 0.05) is 24.2 Å². The third-order valence-corrected chi connectivity index (χ3v) is 3.78. The standard InChI is InChI=1S/C12H21N3OS/c1-3-12(16,9-13)6-4-8-17-11-14-7-5-10(2)15-11/h5,7,16H,3-4,6,8-9,13H2,1-2H3. The summed E-state index contributed by atoms with van der Waals surface area (Å²) in [6.45, 7) is 4.24. The topological polar surface area (TPSA) is 72.0 Å². The summed E-state index contributed by atoms with van der Waals surface area (Å²) in [6.07, 6.45) is 4.13. The second-order valence-corrected chi connectivity index (χ2v) is 5.28. The van der Waals surface area contributed by atoms with Gasteiger partial charge in [0.1, 0.15) is 0 Å². The van der Waals surface area contributed by atoms with Crippen molar-refractivity contribution in [1.82, 2.24) is 9.97 Å². The van der Waals surface area contributed by atoms with Crippen molar-refractivity contribution in [2.24, 2.45) is 5.73 Å². The van der Waals surface area contributed by atoms with E-state index in [1.807, 2.05) is 19.9 Å². The molecule has 0 saturated carbocycles. The lowest BCUT2D eigenvalue weighted by atomic mass is 9.95. The van der Waals surface area contributed by atoms with Crippen LogP contribution in [0.1, 0.15) is 31.9 Å². The molecule has 1 heterocycles. The van der Waals surface area contributed by atoms with E-state index in [9.17, 15) is 5.11 Å². The second-order valence-electron chi connectivity index (χ2n) is 4.21. The van der Waals surface area contributed by atoms with Gasteiger partial charge in [-0.05, 0) is 32.3 Å². The Morgan fingerprint density at radius 2 is 2.29 bits per heavy atom. The summed E-state index contributed by atoms with van der Waals surface area (Å²) in [7, 11) is 0. The zero-order chi connectivity index (χ0) is 12.7. The van der Waals surface area contributed by atoms with Crippen LogP contribution < -0.4 is 5.73 Å². The summed E-state index contributed by atoms with van der Waals surface area (Å²) in [5.41, 5.74) is 5.83. The van der Waals surface area contributed by atoms with E-state index >= 15 is 0 Å². The van der Waals surface area contributed by atoms with E-state index in [-0.39, 0.29) is 0 Å². The third kappa shape index (κ3) is 5.02. The van der Waals surface area contributed by atoms with E-state index in [0.29, 0.717) is 13.0 Å². The molecule has 1 atom stereocenters. The molecule has 0 bridgehead atoms. The van der Waals surface area contributed by atoms with Crippen LogP contribution in [-0.4, -0.2) is 33.0 Å². The maximum Gasteiger partial charge on any atom is 0.187 e. The van der Waals surface area contributed by atoms with Crippen LogP contribution in [0.15, 0.2) is 17.4 Å². The highest BCUT2D eigenvalue weighted by molar-refractivity contribution is 7.99. The Bertz CT molecular complexity index is 342. The number of hydrogen-bond donors (Lipinski definition) is 2. The molecule has 0 radical (unpaired) electrons. The van der Waals surface area contributed by atoms with Gasteiger partial charge in [-0.1, -0.05) is 18.7 Å². The van der Waals surface area contributed by atoms with Crippen molar-refractivity contribution in [3.63, 3.8) is 0 Å². The number of nitrogens with two attached hydrogens (primary N) is 1. The third-order valence-electron chi connectivity index (χ3n) is 2.83. The minimum Gasteiger partial charge on any atom is -0.389 e. The Balaban J connectivity index is 2.29. The Kier molecular flexibility index (Phi) is 5.88. The van der Waals surface area contributed by atoms with Gasteiger partial charge in [0.25, 0.3) is 0 Å². The lowest BCUT2D eigenvalue weighted by molar-refractivity contribution is 0.0360. The molecular formula is C12H21N3OS. The Labute approximate surface area is 107 Å². The Hall–Kier alpha value is -0.650. The fraction of sp³-hybridized carbons (Fsp3) is 0.667. The fourth-order valence-electron chi connectivity index (χ4n) is 1.48. The molecule has 1 aromatic rings. The lowest BCUT2D eigenvalue weighted by Crippen LogP contribution is -2.36. The largest absolute Gasteiger partial charge is 0.389 e. The van der Waals surface area contributed by atoms with Gasteiger partial charge in [-0.15, -0.1) is 0 Å². The van der Waals surface area contributed by atoms with Crippen molar-refractivity contribution < 1.29 is 5.11 Å². The first-order chi connectivity index (χ1) is 8.09. The van der Waals surface area contributed by atoms with Gasteiger partial charge in [-0.3, -0.25) is 0 Å². The van der Waals surface area contributed by atoms with Gasteiger partial charge in [0.15, 0.2) is 5.16 Å². The summed E-state index contributed by atoms with van der Waals surface area (Å²) in [4.78, 5) is 8.49. The molecule has 0 aliphatic heterocycles. The Morgan fingerprint density at radius 3 is 2.88 bits per heavy atom. The van der Waals surface area contributed by atoms with Gasteiger partial charge in [-0.2, -0.15) is 0 Å². The predicted octanol–water partition coefficient (Wildman–Crippen LogP) is 1.76.